The summed E-state index contributed by atoms with van der Waals surface area (Å²) in [5.74, 6) is -0.168. The molecule has 0 fully saturated rings. The van der Waals surface area contributed by atoms with Crippen LogP contribution in [0.5, 0.6) is 0 Å². The fraction of sp³-hybridized carbons (Fsp3) is 0.200. The highest BCUT2D eigenvalue weighted by atomic mass is 32.2. The van der Waals surface area contributed by atoms with E-state index in [0.717, 1.165) is 5.56 Å². The minimum absolute atomic E-state index is 0.0523. The van der Waals surface area contributed by atoms with Crippen LogP contribution in [0.4, 0.5) is 17.1 Å². The third-order valence-electron chi connectivity index (χ3n) is 4.48. The molecular formula is C20H20N4O5S. The molecule has 30 heavy (non-hydrogen) atoms. The van der Waals surface area contributed by atoms with E-state index in [-0.39, 0.29) is 28.5 Å². The highest BCUT2D eigenvalue weighted by Crippen LogP contribution is 2.29. The van der Waals surface area contributed by atoms with Gasteiger partial charge in [-0.3, -0.25) is 14.9 Å². The standard InChI is InChI=1S/C20H20N4O5S/c1-23-11-10-21-20(23)19(25)15-5-8-17(18(13-15)24(26)27)22-16-6-3-14(4-7-16)9-12-30(2,28)29/h3-8,10-11,13,22H,9,12H2,1-2H3. The van der Waals surface area contributed by atoms with Crippen molar-refractivity contribution in [3.63, 3.8) is 0 Å². The number of carbonyl (C=O) groups excluding carboxylic acids is 1. The van der Waals surface area contributed by atoms with Crippen LogP contribution in [0, 0.1) is 10.1 Å². The Balaban J connectivity index is 1.81. The highest BCUT2D eigenvalue weighted by Gasteiger charge is 2.20. The van der Waals surface area contributed by atoms with Gasteiger partial charge in [0.15, 0.2) is 5.82 Å². The van der Waals surface area contributed by atoms with Crippen LogP contribution in [0.2, 0.25) is 0 Å². The van der Waals surface area contributed by atoms with E-state index in [1.807, 2.05) is 0 Å². The first-order chi connectivity index (χ1) is 14.1. The Kier molecular flexibility index (Phi) is 5.97. The average Bonchev–Trinajstić information content (AvgIpc) is 3.12. The molecule has 0 spiro atoms. The molecule has 9 nitrogen and oxygen atoms in total. The largest absolute Gasteiger partial charge is 0.350 e. The first-order valence-corrected chi connectivity index (χ1v) is 11.0. The number of rotatable bonds is 8. The predicted octanol–water partition coefficient (Wildman–Crippen LogP) is 2.89. The third kappa shape index (κ3) is 5.09. The SMILES string of the molecule is Cn1ccnc1C(=O)c1ccc(Nc2ccc(CCS(C)(=O)=O)cc2)c([N+](=O)[O-])c1. The van der Waals surface area contributed by atoms with Crippen LogP contribution in [0.3, 0.4) is 0 Å². The first kappa shape index (κ1) is 21.2. The van der Waals surface area contributed by atoms with Gasteiger partial charge in [0.05, 0.1) is 10.7 Å². The summed E-state index contributed by atoms with van der Waals surface area (Å²) in [5, 5.41) is 14.5. The van der Waals surface area contributed by atoms with Gasteiger partial charge in [-0.2, -0.15) is 0 Å². The van der Waals surface area contributed by atoms with E-state index in [0.29, 0.717) is 12.1 Å². The van der Waals surface area contributed by atoms with Crippen LogP contribution < -0.4 is 5.32 Å². The van der Waals surface area contributed by atoms with E-state index in [9.17, 15) is 23.3 Å². The van der Waals surface area contributed by atoms with Gasteiger partial charge >= 0.3 is 0 Å². The first-order valence-electron chi connectivity index (χ1n) is 8.98. The number of carbonyl (C=O) groups is 1. The van der Waals surface area contributed by atoms with E-state index in [1.165, 1.54) is 30.7 Å². The molecule has 1 heterocycles. The van der Waals surface area contributed by atoms with Gasteiger partial charge in [-0.15, -0.1) is 0 Å². The number of aromatic nitrogens is 2. The molecule has 1 N–H and O–H groups in total. The number of imidazole rings is 1. The van der Waals surface area contributed by atoms with Crippen LogP contribution in [0.25, 0.3) is 0 Å². The van der Waals surface area contributed by atoms with Crippen molar-refractivity contribution in [2.75, 3.05) is 17.3 Å². The van der Waals surface area contributed by atoms with Crippen molar-refractivity contribution in [3.8, 4) is 0 Å². The number of nitrogens with zero attached hydrogens (tertiary/aromatic N) is 3. The lowest BCUT2D eigenvalue weighted by Crippen LogP contribution is -2.09. The van der Waals surface area contributed by atoms with E-state index in [4.69, 9.17) is 0 Å². The zero-order valence-corrected chi connectivity index (χ0v) is 17.2. The van der Waals surface area contributed by atoms with Crippen molar-refractivity contribution in [1.82, 2.24) is 9.55 Å². The number of benzene rings is 2. The number of nitrogens with one attached hydrogen (secondary N) is 1. The van der Waals surface area contributed by atoms with Crippen molar-refractivity contribution >= 4 is 32.7 Å². The van der Waals surface area contributed by atoms with Gasteiger partial charge in [0.2, 0.25) is 5.78 Å². The highest BCUT2D eigenvalue weighted by molar-refractivity contribution is 7.90. The minimum atomic E-state index is -3.05. The molecule has 1 aromatic heterocycles. The minimum Gasteiger partial charge on any atom is -0.350 e. The van der Waals surface area contributed by atoms with Crippen LogP contribution in [-0.2, 0) is 23.3 Å². The van der Waals surface area contributed by atoms with E-state index < -0.39 is 20.5 Å². The number of anilines is 2. The van der Waals surface area contributed by atoms with Crippen LogP contribution in [-0.4, -0.2) is 40.7 Å². The molecule has 0 aliphatic carbocycles. The molecule has 0 saturated heterocycles. The number of hydrogen-bond acceptors (Lipinski definition) is 7. The van der Waals surface area contributed by atoms with Crippen molar-refractivity contribution in [3.05, 3.63) is 81.9 Å². The fourth-order valence-electron chi connectivity index (χ4n) is 2.86. The zero-order chi connectivity index (χ0) is 21.9. The molecule has 0 aliphatic heterocycles. The van der Waals surface area contributed by atoms with Gasteiger partial charge in [-0.05, 0) is 36.2 Å². The Morgan fingerprint density at radius 3 is 2.47 bits per heavy atom. The van der Waals surface area contributed by atoms with Gasteiger partial charge in [0, 0.05) is 43.0 Å². The number of hydrogen-bond donors (Lipinski definition) is 1. The Labute approximate surface area is 173 Å². The van der Waals surface area contributed by atoms with Crippen molar-refractivity contribution in [2.24, 2.45) is 7.05 Å². The Morgan fingerprint density at radius 1 is 1.20 bits per heavy atom. The maximum atomic E-state index is 12.6. The fourth-order valence-corrected chi connectivity index (χ4v) is 3.46. The van der Waals surface area contributed by atoms with Crippen molar-refractivity contribution < 1.29 is 18.1 Å². The van der Waals surface area contributed by atoms with Gasteiger partial charge in [0.25, 0.3) is 5.69 Å². The third-order valence-corrected chi connectivity index (χ3v) is 5.42. The van der Waals surface area contributed by atoms with Gasteiger partial charge in [0.1, 0.15) is 15.5 Å². The van der Waals surface area contributed by atoms with E-state index in [1.54, 1.807) is 42.1 Å². The second-order valence-electron chi connectivity index (χ2n) is 6.88. The molecule has 0 unspecified atom stereocenters. The van der Waals surface area contributed by atoms with Gasteiger partial charge in [-0.25, -0.2) is 13.4 Å². The zero-order valence-electron chi connectivity index (χ0n) is 16.4. The summed E-state index contributed by atoms with van der Waals surface area (Å²) >= 11 is 0. The summed E-state index contributed by atoms with van der Waals surface area (Å²) in [6.07, 6.45) is 4.68. The lowest BCUT2D eigenvalue weighted by Gasteiger charge is -2.09. The van der Waals surface area contributed by atoms with Crippen LogP contribution in [0.1, 0.15) is 21.7 Å². The molecule has 0 aliphatic rings. The molecule has 0 amide bonds. The monoisotopic (exact) mass is 428 g/mol. The van der Waals surface area contributed by atoms with Crippen molar-refractivity contribution in [2.45, 2.75) is 6.42 Å². The molecule has 0 bridgehead atoms. The molecule has 0 atom stereocenters. The summed E-state index contributed by atoms with van der Waals surface area (Å²) in [7, 11) is -1.38. The Bertz CT molecular complexity index is 1200. The lowest BCUT2D eigenvalue weighted by molar-refractivity contribution is -0.383. The maximum Gasteiger partial charge on any atom is 0.293 e. The second kappa shape index (κ2) is 8.46. The van der Waals surface area contributed by atoms with Gasteiger partial charge in [-0.1, -0.05) is 12.1 Å². The van der Waals surface area contributed by atoms with Crippen molar-refractivity contribution in [1.29, 1.82) is 0 Å². The molecule has 0 radical (unpaired) electrons. The normalized spacial score (nSPS) is 11.3. The molecular weight excluding hydrogens is 408 g/mol. The number of sulfone groups is 1. The topological polar surface area (TPSA) is 124 Å². The molecule has 10 heteroatoms. The molecule has 3 rings (SSSR count). The summed E-state index contributed by atoms with van der Waals surface area (Å²) in [6.45, 7) is 0. The van der Waals surface area contributed by atoms with Crippen LogP contribution >= 0.6 is 0 Å². The maximum absolute atomic E-state index is 12.6. The lowest BCUT2D eigenvalue weighted by atomic mass is 10.1. The number of aryl methyl sites for hydroxylation is 2. The Hall–Kier alpha value is -3.53. The quantitative estimate of drug-likeness (QED) is 0.332. The second-order valence-corrected chi connectivity index (χ2v) is 9.14. The number of nitro benzene ring substituents is 1. The van der Waals surface area contributed by atoms with E-state index in [2.05, 4.69) is 10.3 Å². The molecule has 156 valence electrons. The van der Waals surface area contributed by atoms with Gasteiger partial charge < -0.3 is 9.88 Å². The molecule has 0 saturated carbocycles. The summed E-state index contributed by atoms with van der Waals surface area (Å²) < 4.78 is 24.1. The smallest absolute Gasteiger partial charge is 0.293 e. The van der Waals surface area contributed by atoms with E-state index >= 15 is 0 Å². The summed E-state index contributed by atoms with van der Waals surface area (Å²) in [6, 6.07) is 11.2. The average molecular weight is 428 g/mol. The summed E-state index contributed by atoms with van der Waals surface area (Å²) in [4.78, 5) is 27.6. The number of ketones is 1. The Morgan fingerprint density at radius 2 is 1.90 bits per heavy atom. The van der Waals surface area contributed by atoms with Crippen LogP contribution in [0.15, 0.2) is 54.9 Å². The molecule has 2 aromatic carbocycles. The molecule has 3 aromatic rings. The number of nitro groups is 1. The summed E-state index contributed by atoms with van der Waals surface area (Å²) in [5.41, 5.74) is 1.61. The predicted molar refractivity (Wildman–Crippen MR) is 113 cm³/mol.